The molecule has 0 saturated heterocycles. The number of carbonyl (C=O) groups excluding carboxylic acids is 1. The minimum absolute atomic E-state index is 0.0488. The SMILES string of the molecule is CC(C)CNC(=O)C(C)Nc1ncc([N+](=O)[O-])s1. The molecule has 1 aromatic rings. The molecule has 1 aromatic heterocycles. The number of nitro groups is 1. The third-order valence-electron chi connectivity index (χ3n) is 2.09. The van der Waals surface area contributed by atoms with E-state index in [-0.39, 0.29) is 10.9 Å². The Balaban J connectivity index is 2.50. The maximum Gasteiger partial charge on any atom is 0.345 e. The Morgan fingerprint density at radius 1 is 1.56 bits per heavy atom. The van der Waals surface area contributed by atoms with Crippen LogP contribution in [0, 0.1) is 16.0 Å². The van der Waals surface area contributed by atoms with Crippen LogP contribution in [0.15, 0.2) is 6.20 Å². The third kappa shape index (κ3) is 4.28. The molecule has 1 rings (SSSR count). The standard InChI is InChI=1S/C10H16N4O3S/c1-6(2)4-11-9(15)7(3)13-10-12-5-8(18-10)14(16)17/h5-7H,4H2,1-3H3,(H,11,15)(H,12,13). The van der Waals surface area contributed by atoms with Gasteiger partial charge in [0.1, 0.15) is 12.2 Å². The van der Waals surface area contributed by atoms with Crippen LogP contribution >= 0.6 is 11.3 Å². The number of hydrogen-bond donors (Lipinski definition) is 2. The molecule has 0 aliphatic heterocycles. The van der Waals surface area contributed by atoms with Gasteiger partial charge >= 0.3 is 5.00 Å². The zero-order valence-electron chi connectivity index (χ0n) is 10.5. The van der Waals surface area contributed by atoms with Crippen LogP contribution in [-0.2, 0) is 4.79 Å². The van der Waals surface area contributed by atoms with E-state index in [1.807, 2.05) is 13.8 Å². The van der Waals surface area contributed by atoms with E-state index in [0.717, 1.165) is 11.3 Å². The Morgan fingerprint density at radius 3 is 2.72 bits per heavy atom. The molecule has 7 nitrogen and oxygen atoms in total. The summed E-state index contributed by atoms with van der Waals surface area (Å²) in [5.41, 5.74) is 0. The van der Waals surface area contributed by atoms with Crippen molar-refractivity contribution in [1.82, 2.24) is 10.3 Å². The van der Waals surface area contributed by atoms with Crippen molar-refractivity contribution >= 4 is 27.4 Å². The van der Waals surface area contributed by atoms with Crippen LogP contribution in [0.4, 0.5) is 10.1 Å². The molecule has 2 N–H and O–H groups in total. The second-order valence-corrected chi connectivity index (χ2v) is 5.27. The Bertz CT molecular complexity index is 433. The van der Waals surface area contributed by atoms with Crippen LogP contribution in [0.25, 0.3) is 0 Å². The highest BCUT2D eigenvalue weighted by atomic mass is 32.1. The van der Waals surface area contributed by atoms with E-state index < -0.39 is 11.0 Å². The Kier molecular flexibility index (Phi) is 5.02. The molecule has 8 heteroatoms. The fraction of sp³-hybridized carbons (Fsp3) is 0.600. The molecule has 100 valence electrons. The molecular weight excluding hydrogens is 256 g/mol. The lowest BCUT2D eigenvalue weighted by molar-refractivity contribution is -0.380. The van der Waals surface area contributed by atoms with Crippen molar-refractivity contribution in [2.45, 2.75) is 26.8 Å². The second kappa shape index (κ2) is 6.29. The molecule has 1 atom stereocenters. The number of nitrogens with one attached hydrogen (secondary N) is 2. The van der Waals surface area contributed by atoms with E-state index in [9.17, 15) is 14.9 Å². The smallest absolute Gasteiger partial charge is 0.345 e. The lowest BCUT2D eigenvalue weighted by Crippen LogP contribution is -2.39. The van der Waals surface area contributed by atoms with Crippen LogP contribution in [0.1, 0.15) is 20.8 Å². The van der Waals surface area contributed by atoms with Gasteiger partial charge in [0.15, 0.2) is 5.13 Å². The minimum atomic E-state index is -0.508. The molecule has 1 heterocycles. The molecule has 0 aromatic carbocycles. The van der Waals surface area contributed by atoms with Crippen LogP contribution in [0.2, 0.25) is 0 Å². The molecule has 0 fully saturated rings. The number of aromatic nitrogens is 1. The molecule has 0 radical (unpaired) electrons. The van der Waals surface area contributed by atoms with Gasteiger partial charge in [0, 0.05) is 6.54 Å². The Hall–Kier alpha value is -1.70. The van der Waals surface area contributed by atoms with Gasteiger partial charge in [-0.2, -0.15) is 0 Å². The molecule has 0 saturated carbocycles. The van der Waals surface area contributed by atoms with Crippen molar-refractivity contribution in [3.8, 4) is 0 Å². The normalized spacial score (nSPS) is 12.2. The van der Waals surface area contributed by atoms with Crippen molar-refractivity contribution in [1.29, 1.82) is 0 Å². The van der Waals surface area contributed by atoms with E-state index in [1.165, 1.54) is 6.20 Å². The van der Waals surface area contributed by atoms with Gasteiger partial charge in [-0.15, -0.1) is 0 Å². The predicted octanol–water partition coefficient (Wildman–Crippen LogP) is 1.62. The fourth-order valence-electron chi connectivity index (χ4n) is 1.13. The first-order chi connectivity index (χ1) is 8.40. The number of rotatable bonds is 6. The van der Waals surface area contributed by atoms with Gasteiger partial charge in [-0.1, -0.05) is 13.8 Å². The van der Waals surface area contributed by atoms with E-state index in [4.69, 9.17) is 0 Å². The van der Waals surface area contributed by atoms with Crippen LogP contribution in [0.3, 0.4) is 0 Å². The quantitative estimate of drug-likeness (QED) is 0.606. The maximum absolute atomic E-state index is 11.7. The maximum atomic E-state index is 11.7. The van der Waals surface area contributed by atoms with Crippen LogP contribution in [0.5, 0.6) is 0 Å². The Morgan fingerprint density at radius 2 is 2.22 bits per heavy atom. The monoisotopic (exact) mass is 272 g/mol. The summed E-state index contributed by atoms with van der Waals surface area (Å²) in [6, 6.07) is -0.477. The number of amides is 1. The third-order valence-corrected chi connectivity index (χ3v) is 2.97. The lowest BCUT2D eigenvalue weighted by Gasteiger charge is -2.14. The zero-order chi connectivity index (χ0) is 13.7. The summed E-state index contributed by atoms with van der Waals surface area (Å²) in [6.07, 6.45) is 1.17. The first-order valence-electron chi connectivity index (χ1n) is 5.54. The molecular formula is C10H16N4O3S. The fourth-order valence-corrected chi connectivity index (χ4v) is 1.84. The average molecular weight is 272 g/mol. The van der Waals surface area contributed by atoms with Gasteiger partial charge in [0.2, 0.25) is 5.91 Å². The second-order valence-electron chi connectivity index (χ2n) is 4.27. The number of hydrogen-bond acceptors (Lipinski definition) is 6. The van der Waals surface area contributed by atoms with Gasteiger partial charge in [-0.3, -0.25) is 14.9 Å². The predicted molar refractivity (Wildman–Crippen MR) is 69.7 cm³/mol. The highest BCUT2D eigenvalue weighted by molar-refractivity contribution is 7.18. The molecule has 1 amide bonds. The highest BCUT2D eigenvalue weighted by Crippen LogP contribution is 2.25. The Labute approximate surface area is 109 Å². The molecule has 0 aliphatic rings. The van der Waals surface area contributed by atoms with Gasteiger partial charge in [0.05, 0.1) is 4.92 Å². The lowest BCUT2D eigenvalue weighted by atomic mass is 10.2. The van der Waals surface area contributed by atoms with E-state index >= 15 is 0 Å². The number of anilines is 1. The van der Waals surface area contributed by atoms with Gasteiger partial charge < -0.3 is 10.6 Å². The van der Waals surface area contributed by atoms with Crippen molar-refractivity contribution < 1.29 is 9.72 Å². The van der Waals surface area contributed by atoms with Crippen LogP contribution < -0.4 is 10.6 Å². The van der Waals surface area contributed by atoms with Crippen molar-refractivity contribution in [3.63, 3.8) is 0 Å². The molecule has 0 bridgehead atoms. The van der Waals surface area contributed by atoms with Crippen LogP contribution in [-0.4, -0.2) is 28.4 Å². The topological polar surface area (TPSA) is 97.2 Å². The van der Waals surface area contributed by atoms with Crippen molar-refractivity contribution in [3.05, 3.63) is 16.3 Å². The first-order valence-corrected chi connectivity index (χ1v) is 6.36. The summed E-state index contributed by atoms with van der Waals surface area (Å²) in [5, 5.41) is 16.4. The van der Waals surface area contributed by atoms with Crippen molar-refractivity contribution in [2.75, 3.05) is 11.9 Å². The minimum Gasteiger partial charge on any atom is -0.354 e. The highest BCUT2D eigenvalue weighted by Gasteiger charge is 2.17. The summed E-state index contributed by atoms with van der Waals surface area (Å²) < 4.78 is 0. The zero-order valence-corrected chi connectivity index (χ0v) is 11.3. The molecule has 0 spiro atoms. The van der Waals surface area contributed by atoms with E-state index in [2.05, 4.69) is 15.6 Å². The summed E-state index contributed by atoms with van der Waals surface area (Å²) in [7, 11) is 0. The van der Waals surface area contributed by atoms with Gasteiger partial charge in [-0.25, -0.2) is 4.98 Å². The summed E-state index contributed by atoms with van der Waals surface area (Å²) in [5.74, 6) is 0.226. The largest absolute Gasteiger partial charge is 0.354 e. The molecule has 18 heavy (non-hydrogen) atoms. The summed E-state index contributed by atoms with van der Waals surface area (Å²) >= 11 is 0.910. The average Bonchev–Trinajstić information content (AvgIpc) is 2.74. The van der Waals surface area contributed by atoms with Gasteiger partial charge in [-0.05, 0) is 24.2 Å². The number of nitrogens with zero attached hydrogens (tertiary/aromatic N) is 2. The number of carbonyl (C=O) groups is 1. The molecule has 1 unspecified atom stereocenters. The summed E-state index contributed by atoms with van der Waals surface area (Å²) in [6.45, 7) is 6.29. The first kappa shape index (κ1) is 14.4. The van der Waals surface area contributed by atoms with Gasteiger partial charge in [0.25, 0.3) is 0 Å². The number of thiazole rings is 1. The van der Waals surface area contributed by atoms with Crippen molar-refractivity contribution in [2.24, 2.45) is 5.92 Å². The van der Waals surface area contributed by atoms with E-state index in [0.29, 0.717) is 17.6 Å². The van der Waals surface area contributed by atoms with E-state index in [1.54, 1.807) is 6.92 Å². The summed E-state index contributed by atoms with van der Waals surface area (Å²) in [4.78, 5) is 25.5. The molecule has 0 aliphatic carbocycles.